The van der Waals surface area contributed by atoms with Gasteiger partial charge in [0.1, 0.15) is 0 Å². The molecule has 0 saturated carbocycles. The first kappa shape index (κ1) is 19.1. The van der Waals surface area contributed by atoms with E-state index in [9.17, 15) is 4.79 Å². The minimum absolute atomic E-state index is 0.176. The zero-order valence-corrected chi connectivity index (χ0v) is 16.4. The first-order chi connectivity index (χ1) is 14.4. The third kappa shape index (κ3) is 4.62. The molecule has 148 valence electrons. The first-order valence-electron chi connectivity index (χ1n) is 9.38. The molecule has 0 unspecified atom stereocenters. The lowest BCUT2D eigenvalue weighted by Crippen LogP contribution is -1.92. The molecule has 0 amide bonds. The van der Waals surface area contributed by atoms with Crippen molar-refractivity contribution in [3.63, 3.8) is 0 Å². The Labute approximate surface area is 173 Å². The van der Waals surface area contributed by atoms with Crippen LogP contribution in [0.4, 0.5) is 0 Å². The molecule has 5 heterocycles. The van der Waals surface area contributed by atoms with Crippen molar-refractivity contribution in [2.45, 2.75) is 6.92 Å². The van der Waals surface area contributed by atoms with Gasteiger partial charge in [0.2, 0.25) is 0 Å². The van der Waals surface area contributed by atoms with Gasteiger partial charge in [-0.2, -0.15) is 0 Å². The topological polar surface area (TPSA) is 94.7 Å². The molecule has 6 nitrogen and oxygen atoms in total. The van der Waals surface area contributed by atoms with E-state index in [0.29, 0.717) is 0 Å². The molecule has 2 aliphatic rings. The summed E-state index contributed by atoms with van der Waals surface area (Å²) >= 11 is 0. The predicted octanol–water partition coefficient (Wildman–Crippen LogP) is 5.30. The zero-order chi connectivity index (χ0) is 21.1. The number of aromatic nitrogens is 4. The highest BCUT2D eigenvalue weighted by atomic mass is 16.4. The van der Waals surface area contributed by atoms with Crippen LogP contribution in [0, 0.1) is 0 Å². The number of nitrogens with one attached hydrogen (secondary N) is 2. The van der Waals surface area contributed by atoms with Crippen LogP contribution in [-0.4, -0.2) is 31.0 Å². The number of carbonyl (C=O) groups is 1. The molecule has 0 saturated heterocycles. The number of hydrogen-bond donors (Lipinski definition) is 3. The van der Waals surface area contributed by atoms with Gasteiger partial charge in [-0.05, 0) is 79.8 Å². The van der Waals surface area contributed by atoms with Crippen molar-refractivity contribution in [3.05, 3.63) is 83.5 Å². The molecular weight excluding hydrogens is 376 g/mol. The van der Waals surface area contributed by atoms with Gasteiger partial charge in [-0.1, -0.05) is 6.58 Å². The van der Waals surface area contributed by atoms with E-state index in [0.717, 1.165) is 44.8 Å². The highest BCUT2D eigenvalue weighted by molar-refractivity contribution is 5.84. The van der Waals surface area contributed by atoms with E-state index >= 15 is 0 Å². The molecule has 3 N–H and O–H groups in total. The number of aliphatic carboxylic acids is 1. The number of H-pyrrole nitrogens is 2. The molecule has 0 aromatic carbocycles. The number of carboxylic acids is 1. The molecule has 6 heteroatoms. The van der Waals surface area contributed by atoms with E-state index in [1.807, 2.05) is 48.6 Å². The molecule has 3 aromatic heterocycles. The van der Waals surface area contributed by atoms with Gasteiger partial charge in [-0.25, -0.2) is 14.8 Å². The standard InChI is InChI=1S/C20H14N4.C4H6O2/c1-2-14-10-16-5-6-18(23-16)12-20-8-7-19(24-20)11-17-4-3-15(22-17)9-13(1)21-14;1-3(2)4(5)6/h1-12,21,24H;1H2,2H3,(H,5,6). The third-order valence-corrected chi connectivity index (χ3v) is 4.41. The summed E-state index contributed by atoms with van der Waals surface area (Å²) in [5.41, 5.74) is 8.04. The maximum absolute atomic E-state index is 9.60. The van der Waals surface area contributed by atoms with E-state index < -0.39 is 5.97 Å². The fraction of sp³-hybridized carbons (Fsp3) is 0.0417. The average Bonchev–Trinajstić information content (AvgIpc) is 3.47. The molecule has 0 fully saturated rings. The quantitative estimate of drug-likeness (QED) is 0.335. The Balaban J connectivity index is 0.000000322. The lowest BCUT2D eigenvalue weighted by atomic mass is 10.3. The van der Waals surface area contributed by atoms with Crippen molar-refractivity contribution >= 4 is 52.3 Å². The monoisotopic (exact) mass is 396 g/mol. The number of hydrogen-bond acceptors (Lipinski definition) is 3. The molecule has 0 spiro atoms. The summed E-state index contributed by atoms with van der Waals surface area (Å²) in [7, 11) is 0. The number of rotatable bonds is 1. The van der Waals surface area contributed by atoms with E-state index in [-0.39, 0.29) is 5.57 Å². The predicted molar refractivity (Wildman–Crippen MR) is 121 cm³/mol. The first-order valence-corrected chi connectivity index (χ1v) is 9.38. The molecule has 2 aliphatic heterocycles. The largest absolute Gasteiger partial charge is 0.478 e. The maximum Gasteiger partial charge on any atom is 0.330 e. The van der Waals surface area contributed by atoms with E-state index in [2.05, 4.69) is 50.8 Å². The molecule has 0 radical (unpaired) electrons. The van der Waals surface area contributed by atoms with Gasteiger partial charge in [0, 0.05) is 27.6 Å². The minimum Gasteiger partial charge on any atom is -0.478 e. The number of carboxylic acid groups (broad SMARTS) is 1. The third-order valence-electron chi connectivity index (χ3n) is 4.41. The van der Waals surface area contributed by atoms with Gasteiger partial charge in [0.25, 0.3) is 0 Å². The normalized spacial score (nSPS) is 11.6. The Bertz CT molecular complexity index is 1170. The molecule has 30 heavy (non-hydrogen) atoms. The number of fused-ring (bicyclic) bond motifs is 8. The Hall–Kier alpha value is -4.19. The molecule has 0 aliphatic carbocycles. The van der Waals surface area contributed by atoms with Crippen LogP contribution in [0.3, 0.4) is 0 Å². The smallest absolute Gasteiger partial charge is 0.330 e. The van der Waals surface area contributed by atoms with Crippen LogP contribution >= 0.6 is 0 Å². The fourth-order valence-corrected chi connectivity index (χ4v) is 2.94. The summed E-state index contributed by atoms with van der Waals surface area (Å²) in [4.78, 5) is 25.6. The lowest BCUT2D eigenvalue weighted by molar-refractivity contribution is -0.132. The highest BCUT2D eigenvalue weighted by Crippen LogP contribution is 2.16. The van der Waals surface area contributed by atoms with Crippen molar-refractivity contribution in [1.82, 2.24) is 19.9 Å². The lowest BCUT2D eigenvalue weighted by Gasteiger charge is -1.85. The second-order valence-electron chi connectivity index (χ2n) is 6.99. The molecule has 8 bridgehead atoms. The summed E-state index contributed by atoms with van der Waals surface area (Å²) < 4.78 is 0. The van der Waals surface area contributed by atoms with Gasteiger partial charge in [-0.3, -0.25) is 0 Å². The molecular formula is C24H20N4O2. The Kier molecular flexibility index (Phi) is 5.13. The second kappa shape index (κ2) is 8.05. The van der Waals surface area contributed by atoms with Crippen LogP contribution < -0.4 is 0 Å². The van der Waals surface area contributed by atoms with E-state index in [4.69, 9.17) is 5.11 Å². The fourth-order valence-electron chi connectivity index (χ4n) is 2.94. The van der Waals surface area contributed by atoms with E-state index in [1.54, 1.807) is 0 Å². The van der Waals surface area contributed by atoms with Crippen LogP contribution in [-0.2, 0) is 4.79 Å². The van der Waals surface area contributed by atoms with Crippen molar-refractivity contribution in [2.75, 3.05) is 0 Å². The Morgan fingerprint density at radius 1 is 0.733 bits per heavy atom. The summed E-state index contributed by atoms with van der Waals surface area (Å²) in [5.74, 6) is -0.935. The number of aromatic amines is 2. The van der Waals surface area contributed by atoms with Crippen LogP contribution in [0.1, 0.15) is 29.7 Å². The summed E-state index contributed by atoms with van der Waals surface area (Å²) in [6, 6.07) is 16.4. The summed E-state index contributed by atoms with van der Waals surface area (Å²) in [6.45, 7) is 4.60. The van der Waals surface area contributed by atoms with Gasteiger partial charge >= 0.3 is 5.97 Å². The summed E-state index contributed by atoms with van der Waals surface area (Å²) in [6.07, 6.45) is 8.09. The minimum atomic E-state index is -0.935. The Morgan fingerprint density at radius 2 is 1.00 bits per heavy atom. The van der Waals surface area contributed by atoms with Gasteiger partial charge in [-0.15, -0.1) is 0 Å². The van der Waals surface area contributed by atoms with E-state index in [1.165, 1.54) is 6.92 Å². The van der Waals surface area contributed by atoms with Crippen LogP contribution in [0.25, 0.3) is 46.4 Å². The molecule has 5 rings (SSSR count). The van der Waals surface area contributed by atoms with Gasteiger partial charge < -0.3 is 15.1 Å². The van der Waals surface area contributed by atoms with Crippen molar-refractivity contribution in [3.8, 4) is 0 Å². The van der Waals surface area contributed by atoms with Gasteiger partial charge in [0.15, 0.2) is 0 Å². The Morgan fingerprint density at radius 3 is 1.23 bits per heavy atom. The van der Waals surface area contributed by atoms with Crippen molar-refractivity contribution in [2.24, 2.45) is 0 Å². The van der Waals surface area contributed by atoms with Crippen LogP contribution in [0.5, 0.6) is 0 Å². The van der Waals surface area contributed by atoms with Gasteiger partial charge in [0.05, 0.1) is 22.8 Å². The highest BCUT2D eigenvalue weighted by Gasteiger charge is 2.01. The van der Waals surface area contributed by atoms with Crippen molar-refractivity contribution in [1.29, 1.82) is 0 Å². The summed E-state index contributed by atoms with van der Waals surface area (Å²) in [5, 5.41) is 7.89. The zero-order valence-electron chi connectivity index (χ0n) is 16.4. The number of nitrogens with zero attached hydrogens (tertiary/aromatic N) is 2. The average molecular weight is 396 g/mol. The molecule has 3 aromatic rings. The molecule has 0 atom stereocenters. The SMILES string of the molecule is C1=Cc2cc3ccc(cc4nc(cc5ccc(cc1n2)[nH]5)C=C4)[nH]3.C=C(C)C(=O)O. The van der Waals surface area contributed by atoms with Crippen LogP contribution in [0.2, 0.25) is 0 Å². The van der Waals surface area contributed by atoms with Crippen molar-refractivity contribution < 1.29 is 9.90 Å². The second-order valence-corrected chi connectivity index (χ2v) is 6.99. The maximum atomic E-state index is 9.60. The van der Waals surface area contributed by atoms with Crippen LogP contribution in [0.15, 0.2) is 60.7 Å².